The zero-order valence-electron chi connectivity index (χ0n) is 13.8. The molecule has 0 heterocycles. The SMILES string of the molecule is COc1ccc(OCCC(=O)Nc2ccc(C(C)C)cc2)cc1. The van der Waals surface area contributed by atoms with Crippen LogP contribution in [0, 0.1) is 0 Å². The van der Waals surface area contributed by atoms with Crippen molar-refractivity contribution >= 4 is 11.6 Å². The van der Waals surface area contributed by atoms with Gasteiger partial charge in [0.15, 0.2) is 0 Å². The Bertz CT molecular complexity index is 618. The fourth-order valence-electron chi connectivity index (χ4n) is 2.11. The Morgan fingerprint density at radius 3 is 2.17 bits per heavy atom. The molecule has 0 atom stereocenters. The number of nitrogens with one attached hydrogen (secondary N) is 1. The second-order valence-electron chi connectivity index (χ2n) is 5.60. The molecule has 2 rings (SSSR count). The van der Waals surface area contributed by atoms with Gasteiger partial charge in [-0.05, 0) is 47.9 Å². The van der Waals surface area contributed by atoms with E-state index < -0.39 is 0 Å². The van der Waals surface area contributed by atoms with Gasteiger partial charge in [0.2, 0.25) is 5.91 Å². The summed E-state index contributed by atoms with van der Waals surface area (Å²) in [5, 5.41) is 2.87. The van der Waals surface area contributed by atoms with Crippen LogP contribution in [0.1, 0.15) is 31.7 Å². The van der Waals surface area contributed by atoms with E-state index in [0.29, 0.717) is 18.9 Å². The zero-order chi connectivity index (χ0) is 16.7. The second-order valence-corrected chi connectivity index (χ2v) is 5.60. The van der Waals surface area contributed by atoms with Crippen LogP contribution in [0.2, 0.25) is 0 Å². The topological polar surface area (TPSA) is 47.6 Å². The van der Waals surface area contributed by atoms with Gasteiger partial charge in [-0.2, -0.15) is 0 Å². The van der Waals surface area contributed by atoms with Crippen molar-refractivity contribution < 1.29 is 14.3 Å². The van der Waals surface area contributed by atoms with Crippen LogP contribution in [-0.4, -0.2) is 19.6 Å². The van der Waals surface area contributed by atoms with Gasteiger partial charge in [0.1, 0.15) is 11.5 Å². The van der Waals surface area contributed by atoms with E-state index in [-0.39, 0.29) is 5.91 Å². The summed E-state index contributed by atoms with van der Waals surface area (Å²) >= 11 is 0. The second kappa shape index (κ2) is 8.22. The van der Waals surface area contributed by atoms with Crippen molar-refractivity contribution in [2.24, 2.45) is 0 Å². The molecule has 4 heteroatoms. The third-order valence-electron chi connectivity index (χ3n) is 3.52. The van der Waals surface area contributed by atoms with Gasteiger partial charge in [-0.3, -0.25) is 4.79 Å². The summed E-state index contributed by atoms with van der Waals surface area (Å²) in [4.78, 5) is 11.9. The normalized spacial score (nSPS) is 10.4. The van der Waals surface area contributed by atoms with Crippen LogP contribution in [0.3, 0.4) is 0 Å². The number of methoxy groups -OCH3 is 1. The average molecular weight is 313 g/mol. The lowest BCUT2D eigenvalue weighted by atomic mass is 10.0. The summed E-state index contributed by atoms with van der Waals surface area (Å²) in [6.07, 6.45) is 0.304. The first kappa shape index (κ1) is 16.9. The lowest BCUT2D eigenvalue weighted by Gasteiger charge is -2.09. The number of anilines is 1. The molecule has 2 aromatic rings. The fraction of sp³-hybridized carbons (Fsp3) is 0.316. The molecule has 0 aliphatic heterocycles. The molecule has 1 amide bonds. The van der Waals surface area contributed by atoms with Crippen molar-refractivity contribution in [3.8, 4) is 11.5 Å². The van der Waals surface area contributed by atoms with Gasteiger partial charge < -0.3 is 14.8 Å². The Kier molecular flexibility index (Phi) is 6.03. The maximum Gasteiger partial charge on any atom is 0.227 e. The molecule has 23 heavy (non-hydrogen) atoms. The molecule has 0 aliphatic rings. The largest absolute Gasteiger partial charge is 0.497 e. The molecule has 4 nitrogen and oxygen atoms in total. The van der Waals surface area contributed by atoms with Crippen molar-refractivity contribution in [1.82, 2.24) is 0 Å². The van der Waals surface area contributed by atoms with E-state index in [4.69, 9.17) is 9.47 Å². The maximum absolute atomic E-state index is 11.9. The third kappa shape index (κ3) is 5.33. The van der Waals surface area contributed by atoms with Crippen LogP contribution < -0.4 is 14.8 Å². The summed E-state index contributed by atoms with van der Waals surface area (Å²) in [6, 6.07) is 15.2. The van der Waals surface area contributed by atoms with Crippen LogP contribution in [0.25, 0.3) is 0 Å². The highest BCUT2D eigenvalue weighted by molar-refractivity contribution is 5.90. The van der Waals surface area contributed by atoms with Crippen LogP contribution in [-0.2, 0) is 4.79 Å². The molecule has 0 spiro atoms. The number of carbonyl (C=O) groups excluding carboxylic acids is 1. The summed E-state index contributed by atoms with van der Waals surface area (Å²) in [5.41, 5.74) is 2.06. The van der Waals surface area contributed by atoms with Gasteiger partial charge in [-0.15, -0.1) is 0 Å². The number of hydrogen-bond donors (Lipinski definition) is 1. The predicted octanol–water partition coefficient (Wildman–Crippen LogP) is 4.23. The zero-order valence-corrected chi connectivity index (χ0v) is 13.8. The summed E-state index contributed by atoms with van der Waals surface area (Å²) in [7, 11) is 1.62. The fourth-order valence-corrected chi connectivity index (χ4v) is 2.11. The van der Waals surface area contributed by atoms with Gasteiger partial charge in [0.05, 0.1) is 20.1 Å². The molecule has 0 aromatic heterocycles. The van der Waals surface area contributed by atoms with Gasteiger partial charge >= 0.3 is 0 Å². The van der Waals surface area contributed by atoms with Crippen molar-refractivity contribution in [3.05, 3.63) is 54.1 Å². The minimum Gasteiger partial charge on any atom is -0.497 e. The number of hydrogen-bond acceptors (Lipinski definition) is 3. The Morgan fingerprint density at radius 1 is 1.00 bits per heavy atom. The van der Waals surface area contributed by atoms with Crippen LogP contribution in [0.4, 0.5) is 5.69 Å². The highest BCUT2D eigenvalue weighted by Gasteiger charge is 2.04. The summed E-state index contributed by atoms with van der Waals surface area (Å²) in [6.45, 7) is 4.62. The number of rotatable bonds is 7. The monoisotopic (exact) mass is 313 g/mol. The van der Waals surface area contributed by atoms with Crippen molar-refractivity contribution in [2.45, 2.75) is 26.2 Å². The van der Waals surface area contributed by atoms with Gasteiger partial charge in [0, 0.05) is 5.69 Å². The Hall–Kier alpha value is -2.49. The van der Waals surface area contributed by atoms with E-state index in [2.05, 4.69) is 19.2 Å². The predicted molar refractivity (Wildman–Crippen MR) is 92.3 cm³/mol. The van der Waals surface area contributed by atoms with E-state index in [1.54, 1.807) is 7.11 Å². The molecule has 2 aromatic carbocycles. The number of carbonyl (C=O) groups is 1. The first-order valence-electron chi connectivity index (χ1n) is 7.75. The van der Waals surface area contributed by atoms with Crippen LogP contribution in [0.5, 0.6) is 11.5 Å². The van der Waals surface area contributed by atoms with Crippen LogP contribution in [0.15, 0.2) is 48.5 Å². The lowest BCUT2D eigenvalue weighted by Crippen LogP contribution is -2.15. The van der Waals surface area contributed by atoms with Gasteiger partial charge in [0.25, 0.3) is 0 Å². The molecule has 0 saturated carbocycles. The highest BCUT2D eigenvalue weighted by Crippen LogP contribution is 2.18. The van der Waals surface area contributed by atoms with E-state index in [1.807, 2.05) is 48.5 Å². The molecule has 0 saturated heterocycles. The van der Waals surface area contributed by atoms with E-state index in [1.165, 1.54) is 5.56 Å². The van der Waals surface area contributed by atoms with E-state index in [9.17, 15) is 4.79 Å². The lowest BCUT2D eigenvalue weighted by molar-refractivity contribution is -0.116. The Morgan fingerprint density at radius 2 is 1.61 bits per heavy atom. The summed E-state index contributed by atoms with van der Waals surface area (Å²) in [5.74, 6) is 1.92. The first-order chi connectivity index (χ1) is 11.1. The first-order valence-corrected chi connectivity index (χ1v) is 7.75. The smallest absolute Gasteiger partial charge is 0.227 e. The van der Waals surface area contributed by atoms with Gasteiger partial charge in [-0.1, -0.05) is 26.0 Å². The maximum atomic E-state index is 11.9. The van der Waals surface area contributed by atoms with Gasteiger partial charge in [-0.25, -0.2) is 0 Å². The molecular weight excluding hydrogens is 290 g/mol. The van der Waals surface area contributed by atoms with Crippen LogP contribution >= 0.6 is 0 Å². The standard InChI is InChI=1S/C19H23NO3/c1-14(2)15-4-6-16(7-5-15)20-19(21)12-13-23-18-10-8-17(22-3)9-11-18/h4-11,14H,12-13H2,1-3H3,(H,20,21). The minimum absolute atomic E-state index is 0.0594. The quantitative estimate of drug-likeness (QED) is 0.832. The van der Waals surface area contributed by atoms with Crippen molar-refractivity contribution in [1.29, 1.82) is 0 Å². The average Bonchev–Trinajstić information content (AvgIpc) is 2.56. The molecule has 0 aliphatic carbocycles. The third-order valence-corrected chi connectivity index (χ3v) is 3.52. The van der Waals surface area contributed by atoms with Crippen molar-refractivity contribution in [3.63, 3.8) is 0 Å². The summed E-state index contributed by atoms with van der Waals surface area (Å²) < 4.78 is 10.6. The molecule has 0 fully saturated rings. The Labute approximate surface area is 137 Å². The molecule has 1 N–H and O–H groups in total. The number of ether oxygens (including phenoxy) is 2. The molecular formula is C19H23NO3. The Balaban J connectivity index is 1.76. The molecule has 122 valence electrons. The van der Waals surface area contributed by atoms with Crippen molar-refractivity contribution in [2.75, 3.05) is 19.0 Å². The highest BCUT2D eigenvalue weighted by atomic mass is 16.5. The van der Waals surface area contributed by atoms with E-state index in [0.717, 1.165) is 17.2 Å². The van der Waals surface area contributed by atoms with E-state index >= 15 is 0 Å². The number of amides is 1. The molecule has 0 bridgehead atoms. The minimum atomic E-state index is -0.0594. The number of benzene rings is 2. The molecule has 0 radical (unpaired) electrons. The molecule has 0 unspecified atom stereocenters.